The minimum absolute atomic E-state index is 0.0535. The molecule has 29 heavy (non-hydrogen) atoms. The topological polar surface area (TPSA) is 81.9 Å². The van der Waals surface area contributed by atoms with E-state index in [4.69, 9.17) is 26.8 Å². The Morgan fingerprint density at radius 3 is 2.52 bits per heavy atom. The van der Waals surface area contributed by atoms with E-state index >= 15 is 0 Å². The molecule has 0 aromatic heterocycles. The van der Waals surface area contributed by atoms with Gasteiger partial charge in [-0.05, 0) is 42.0 Å². The monoisotopic (exact) mass is 420 g/mol. The number of benzene rings is 2. The summed E-state index contributed by atoms with van der Waals surface area (Å²) in [5, 5.41) is 0.579. The molecule has 3 rings (SSSR count). The van der Waals surface area contributed by atoms with Crippen LogP contribution in [0.4, 0.5) is 4.39 Å². The summed E-state index contributed by atoms with van der Waals surface area (Å²) >= 11 is 5.88. The average molecular weight is 421 g/mol. The molecule has 0 saturated carbocycles. The first-order valence-corrected chi connectivity index (χ1v) is 9.56. The van der Waals surface area contributed by atoms with Crippen molar-refractivity contribution >= 4 is 23.4 Å². The first-order chi connectivity index (χ1) is 13.8. The van der Waals surface area contributed by atoms with Gasteiger partial charge in [0.05, 0.1) is 26.0 Å². The van der Waals surface area contributed by atoms with Gasteiger partial charge >= 0.3 is 0 Å². The van der Waals surface area contributed by atoms with Gasteiger partial charge in [0.1, 0.15) is 23.8 Å². The number of carbonyl (C=O) groups excluding carboxylic acids is 2. The predicted octanol–water partition coefficient (Wildman–Crippen LogP) is 2.57. The van der Waals surface area contributed by atoms with Gasteiger partial charge in [-0.15, -0.1) is 0 Å². The smallest absolute Gasteiger partial charge is 0.227 e. The molecule has 2 aromatic carbocycles. The van der Waals surface area contributed by atoms with Gasteiger partial charge in [-0.25, -0.2) is 4.39 Å². The maximum absolute atomic E-state index is 13.1. The van der Waals surface area contributed by atoms with E-state index in [1.54, 1.807) is 41.3 Å². The number of halogens is 2. The predicted molar refractivity (Wildman–Crippen MR) is 106 cm³/mol. The number of ether oxygens (including phenoxy) is 2. The average Bonchev–Trinajstić information content (AvgIpc) is 2.69. The van der Waals surface area contributed by atoms with E-state index in [9.17, 15) is 14.0 Å². The minimum atomic E-state index is -1.04. The molecule has 2 amide bonds. The van der Waals surface area contributed by atoms with Crippen LogP contribution in [0.3, 0.4) is 0 Å². The molecular formula is C21H22ClFN2O4. The third-order valence-electron chi connectivity index (χ3n) is 4.68. The van der Waals surface area contributed by atoms with Gasteiger partial charge in [-0.2, -0.15) is 0 Å². The zero-order valence-electron chi connectivity index (χ0n) is 15.8. The van der Waals surface area contributed by atoms with Crippen LogP contribution in [0.15, 0.2) is 48.5 Å². The summed E-state index contributed by atoms with van der Waals surface area (Å²) in [5.74, 6) is -0.471. The van der Waals surface area contributed by atoms with Crippen LogP contribution >= 0.6 is 11.6 Å². The molecule has 8 heteroatoms. The molecule has 0 spiro atoms. The van der Waals surface area contributed by atoms with Crippen molar-refractivity contribution in [3.05, 3.63) is 64.9 Å². The number of morpholine rings is 1. The highest BCUT2D eigenvalue weighted by Gasteiger charge is 2.40. The number of amides is 2. The summed E-state index contributed by atoms with van der Waals surface area (Å²) in [4.78, 5) is 26.0. The zero-order chi connectivity index (χ0) is 20.9. The molecule has 0 aliphatic carbocycles. The fourth-order valence-corrected chi connectivity index (χ4v) is 3.38. The molecule has 154 valence electrons. The lowest BCUT2D eigenvalue weighted by atomic mass is 9.97. The fourth-order valence-electron chi connectivity index (χ4n) is 3.25. The quantitative estimate of drug-likeness (QED) is 0.746. The second kappa shape index (κ2) is 9.24. The summed E-state index contributed by atoms with van der Waals surface area (Å²) < 4.78 is 24.7. The molecule has 0 radical (unpaired) electrons. The number of hydrogen-bond acceptors (Lipinski definition) is 4. The lowest BCUT2D eigenvalue weighted by molar-refractivity contribution is -0.161. The Morgan fingerprint density at radius 1 is 1.17 bits per heavy atom. The highest BCUT2D eigenvalue weighted by atomic mass is 35.5. The molecule has 1 aliphatic rings. The second-order valence-corrected chi connectivity index (χ2v) is 7.47. The molecule has 2 N–H and O–H groups in total. The van der Waals surface area contributed by atoms with Crippen molar-refractivity contribution in [2.75, 3.05) is 26.3 Å². The summed E-state index contributed by atoms with van der Waals surface area (Å²) in [7, 11) is 0. The van der Waals surface area contributed by atoms with Crippen molar-refractivity contribution in [3.8, 4) is 5.75 Å². The third-order valence-corrected chi connectivity index (χ3v) is 4.93. The molecule has 0 bridgehead atoms. The highest BCUT2D eigenvalue weighted by Crippen LogP contribution is 2.25. The van der Waals surface area contributed by atoms with Gasteiger partial charge in [-0.3, -0.25) is 9.59 Å². The Hall–Kier alpha value is -2.64. The first-order valence-electron chi connectivity index (χ1n) is 9.18. The van der Waals surface area contributed by atoms with Crippen molar-refractivity contribution in [3.63, 3.8) is 0 Å². The van der Waals surface area contributed by atoms with Gasteiger partial charge in [0.25, 0.3) is 0 Å². The van der Waals surface area contributed by atoms with Crippen LogP contribution in [0.1, 0.15) is 12.0 Å². The van der Waals surface area contributed by atoms with Gasteiger partial charge in [0.2, 0.25) is 11.8 Å². The molecular weight excluding hydrogens is 399 g/mol. The van der Waals surface area contributed by atoms with E-state index in [2.05, 4.69) is 0 Å². The standard InChI is InChI=1S/C21H22ClFN2O4/c22-16-3-7-18(8-4-16)28-14-21(12-19(24)26)13-25(9-10-29-21)20(27)11-15-1-5-17(23)6-2-15/h1-8H,9-14H2,(H2,24,26)/t21-/m0/s1. The number of nitrogens with two attached hydrogens (primary N) is 1. The van der Waals surface area contributed by atoms with Crippen LogP contribution in [0.5, 0.6) is 5.75 Å². The number of carbonyl (C=O) groups is 2. The number of nitrogens with zero attached hydrogens (tertiary/aromatic N) is 1. The Bertz CT molecular complexity index is 860. The van der Waals surface area contributed by atoms with E-state index in [0.717, 1.165) is 0 Å². The van der Waals surface area contributed by atoms with Crippen LogP contribution in [-0.4, -0.2) is 48.6 Å². The highest BCUT2D eigenvalue weighted by molar-refractivity contribution is 6.30. The van der Waals surface area contributed by atoms with Crippen molar-refractivity contribution in [1.29, 1.82) is 0 Å². The Kier molecular flexibility index (Phi) is 6.71. The van der Waals surface area contributed by atoms with E-state index in [1.807, 2.05) is 0 Å². The fraction of sp³-hybridized carbons (Fsp3) is 0.333. The number of primary amides is 1. The molecule has 1 aliphatic heterocycles. The molecule has 2 aromatic rings. The first kappa shape index (κ1) is 21.1. The van der Waals surface area contributed by atoms with E-state index in [-0.39, 0.29) is 44.3 Å². The molecule has 1 fully saturated rings. The van der Waals surface area contributed by atoms with E-state index in [0.29, 0.717) is 22.9 Å². The Morgan fingerprint density at radius 2 is 1.86 bits per heavy atom. The molecule has 1 heterocycles. The van der Waals surface area contributed by atoms with Gasteiger partial charge in [0, 0.05) is 11.6 Å². The van der Waals surface area contributed by atoms with Crippen molar-refractivity contribution in [1.82, 2.24) is 4.90 Å². The normalized spacial score (nSPS) is 19.0. The van der Waals surface area contributed by atoms with E-state index in [1.165, 1.54) is 12.1 Å². The molecule has 0 unspecified atom stereocenters. The summed E-state index contributed by atoms with van der Waals surface area (Å²) in [5.41, 5.74) is 5.10. The summed E-state index contributed by atoms with van der Waals surface area (Å²) in [6, 6.07) is 12.6. The largest absolute Gasteiger partial charge is 0.490 e. The van der Waals surface area contributed by atoms with Crippen LogP contribution in [0, 0.1) is 5.82 Å². The minimum Gasteiger partial charge on any atom is -0.490 e. The SMILES string of the molecule is NC(=O)C[C@@]1(COc2ccc(Cl)cc2)CN(C(=O)Cc2ccc(F)cc2)CCO1. The van der Waals surface area contributed by atoms with Crippen molar-refractivity contribution in [2.45, 2.75) is 18.4 Å². The van der Waals surface area contributed by atoms with E-state index < -0.39 is 11.5 Å². The van der Waals surface area contributed by atoms with Crippen LogP contribution in [0.2, 0.25) is 5.02 Å². The van der Waals surface area contributed by atoms with Crippen LogP contribution < -0.4 is 10.5 Å². The molecule has 6 nitrogen and oxygen atoms in total. The zero-order valence-corrected chi connectivity index (χ0v) is 16.5. The summed E-state index contributed by atoms with van der Waals surface area (Å²) in [6.45, 7) is 0.870. The maximum Gasteiger partial charge on any atom is 0.227 e. The van der Waals surface area contributed by atoms with Crippen LogP contribution in [-0.2, 0) is 20.7 Å². The lowest BCUT2D eigenvalue weighted by Crippen LogP contribution is -2.58. The summed E-state index contributed by atoms with van der Waals surface area (Å²) in [6.07, 6.45) is 0.0475. The Balaban J connectivity index is 1.69. The second-order valence-electron chi connectivity index (χ2n) is 7.04. The molecule has 1 saturated heterocycles. The van der Waals surface area contributed by atoms with Crippen molar-refractivity contribution in [2.24, 2.45) is 5.73 Å². The van der Waals surface area contributed by atoms with Crippen LogP contribution in [0.25, 0.3) is 0 Å². The number of rotatable bonds is 7. The third kappa shape index (κ3) is 5.92. The maximum atomic E-state index is 13.1. The Labute approximate surface area is 173 Å². The molecule has 1 atom stereocenters. The van der Waals surface area contributed by atoms with Gasteiger partial charge in [0.15, 0.2) is 0 Å². The van der Waals surface area contributed by atoms with Crippen molar-refractivity contribution < 1.29 is 23.5 Å². The van der Waals surface area contributed by atoms with Gasteiger partial charge < -0.3 is 20.1 Å². The number of hydrogen-bond donors (Lipinski definition) is 1. The van der Waals surface area contributed by atoms with Gasteiger partial charge in [-0.1, -0.05) is 23.7 Å². The lowest BCUT2D eigenvalue weighted by Gasteiger charge is -2.42.